The van der Waals surface area contributed by atoms with Gasteiger partial charge in [0.15, 0.2) is 12.3 Å². The van der Waals surface area contributed by atoms with Crippen LogP contribution in [0.15, 0.2) is 18.6 Å². The SMILES string of the molecule is CC#C[C@]1(O)[C@H](n2ccc3c(N)ncnc32)O[C@](F)(CO)[C@H]1O. The molecule has 3 rings (SSSR count). The van der Waals surface area contributed by atoms with Crippen molar-refractivity contribution in [1.82, 2.24) is 14.5 Å². The average Bonchev–Trinajstić information content (AvgIpc) is 3.03. The predicted octanol–water partition coefficient (Wildman–Crippen LogP) is -0.684. The van der Waals surface area contributed by atoms with Gasteiger partial charge in [0, 0.05) is 6.20 Å². The Kier molecular flexibility index (Phi) is 3.50. The summed E-state index contributed by atoms with van der Waals surface area (Å²) in [6, 6.07) is 1.57. The number of aliphatic hydroxyl groups is 3. The van der Waals surface area contributed by atoms with E-state index in [4.69, 9.17) is 10.5 Å². The zero-order valence-electron chi connectivity index (χ0n) is 12.1. The first kappa shape index (κ1) is 15.6. The van der Waals surface area contributed by atoms with Crippen molar-refractivity contribution in [1.29, 1.82) is 0 Å². The van der Waals surface area contributed by atoms with Crippen molar-refractivity contribution < 1.29 is 24.4 Å². The van der Waals surface area contributed by atoms with Crippen LogP contribution in [0.3, 0.4) is 0 Å². The van der Waals surface area contributed by atoms with E-state index in [1.54, 1.807) is 6.07 Å². The zero-order chi connectivity index (χ0) is 16.8. The van der Waals surface area contributed by atoms with E-state index in [-0.39, 0.29) is 11.5 Å². The van der Waals surface area contributed by atoms with Gasteiger partial charge < -0.3 is 30.4 Å². The Morgan fingerprint density at radius 2 is 2.26 bits per heavy atom. The number of nitrogen functional groups attached to an aromatic ring is 1. The lowest BCUT2D eigenvalue weighted by Gasteiger charge is -2.26. The lowest BCUT2D eigenvalue weighted by molar-refractivity contribution is -0.206. The molecule has 122 valence electrons. The molecule has 1 aliphatic heterocycles. The third kappa shape index (κ3) is 2.08. The minimum absolute atomic E-state index is 0.200. The van der Waals surface area contributed by atoms with Crippen molar-refractivity contribution in [2.75, 3.05) is 12.3 Å². The lowest BCUT2D eigenvalue weighted by atomic mass is 9.93. The molecule has 0 saturated carbocycles. The first-order valence-corrected chi connectivity index (χ1v) is 6.76. The Morgan fingerprint density at radius 1 is 1.52 bits per heavy atom. The van der Waals surface area contributed by atoms with Crippen molar-refractivity contribution in [3.63, 3.8) is 0 Å². The molecule has 8 nitrogen and oxygen atoms in total. The van der Waals surface area contributed by atoms with Gasteiger partial charge in [-0.15, -0.1) is 5.92 Å². The number of anilines is 1. The number of hydrogen-bond acceptors (Lipinski definition) is 7. The number of ether oxygens (including phenoxy) is 1. The molecular weight excluding hydrogens is 307 g/mol. The van der Waals surface area contributed by atoms with Crippen LogP contribution in [0.4, 0.5) is 10.2 Å². The molecule has 5 N–H and O–H groups in total. The Labute approximate surface area is 130 Å². The minimum Gasteiger partial charge on any atom is -0.390 e. The topological polar surface area (TPSA) is 127 Å². The van der Waals surface area contributed by atoms with Gasteiger partial charge in [0.2, 0.25) is 5.60 Å². The van der Waals surface area contributed by atoms with Crippen LogP contribution in [0.5, 0.6) is 0 Å². The molecule has 9 heteroatoms. The second-order valence-electron chi connectivity index (χ2n) is 5.24. The van der Waals surface area contributed by atoms with Crippen molar-refractivity contribution in [3.8, 4) is 11.8 Å². The van der Waals surface area contributed by atoms with Gasteiger partial charge >= 0.3 is 0 Å². The summed E-state index contributed by atoms with van der Waals surface area (Å²) in [5, 5.41) is 30.5. The summed E-state index contributed by atoms with van der Waals surface area (Å²) < 4.78 is 21.0. The molecule has 0 aromatic carbocycles. The third-order valence-electron chi connectivity index (χ3n) is 3.84. The Bertz CT molecular complexity index is 816. The highest BCUT2D eigenvalue weighted by molar-refractivity contribution is 5.86. The number of alkyl halides is 1. The summed E-state index contributed by atoms with van der Waals surface area (Å²) in [6.07, 6.45) is -0.847. The second kappa shape index (κ2) is 5.14. The van der Waals surface area contributed by atoms with Crippen LogP contribution in [0.25, 0.3) is 11.0 Å². The molecule has 4 atom stereocenters. The van der Waals surface area contributed by atoms with E-state index < -0.39 is 30.4 Å². The standard InChI is InChI=1S/C14H15FN4O4/c1-2-4-13(22)11(21)14(15,6-20)23-12(13)19-5-3-8-9(16)17-7-18-10(8)19/h3,5,7,11-12,20-22H,6H2,1H3,(H2,16,17,18)/t11-,12+,13+,14+/m0/s1. The molecule has 0 spiro atoms. The molecule has 1 aliphatic rings. The number of aliphatic hydroxyl groups excluding tert-OH is 2. The van der Waals surface area contributed by atoms with Crippen LogP contribution in [-0.2, 0) is 4.74 Å². The van der Waals surface area contributed by atoms with Crippen LogP contribution in [0, 0.1) is 11.8 Å². The number of nitrogens with zero attached hydrogens (tertiary/aromatic N) is 3. The van der Waals surface area contributed by atoms with Crippen LogP contribution >= 0.6 is 0 Å². The number of fused-ring (bicyclic) bond motifs is 1. The van der Waals surface area contributed by atoms with E-state index in [9.17, 15) is 19.7 Å². The Hall–Kier alpha value is -2.25. The lowest BCUT2D eigenvalue weighted by Crippen LogP contribution is -2.50. The van der Waals surface area contributed by atoms with E-state index in [0.29, 0.717) is 5.39 Å². The Balaban J connectivity index is 2.19. The average molecular weight is 322 g/mol. The number of aromatic nitrogens is 3. The minimum atomic E-state index is -2.86. The summed E-state index contributed by atoms with van der Waals surface area (Å²) in [7, 11) is 0. The largest absolute Gasteiger partial charge is 0.390 e. The van der Waals surface area contributed by atoms with Crippen molar-refractivity contribution in [3.05, 3.63) is 18.6 Å². The number of rotatable bonds is 2. The predicted molar refractivity (Wildman–Crippen MR) is 77.4 cm³/mol. The van der Waals surface area contributed by atoms with Gasteiger partial charge in [-0.2, -0.15) is 0 Å². The van der Waals surface area contributed by atoms with Gasteiger partial charge in [-0.25, -0.2) is 14.4 Å². The molecule has 3 heterocycles. The third-order valence-corrected chi connectivity index (χ3v) is 3.84. The van der Waals surface area contributed by atoms with E-state index in [0.717, 1.165) is 0 Å². The van der Waals surface area contributed by atoms with Crippen LogP contribution < -0.4 is 5.73 Å². The molecule has 23 heavy (non-hydrogen) atoms. The van der Waals surface area contributed by atoms with Crippen LogP contribution in [0.2, 0.25) is 0 Å². The van der Waals surface area contributed by atoms with Crippen molar-refractivity contribution in [2.24, 2.45) is 0 Å². The fourth-order valence-electron chi connectivity index (χ4n) is 2.71. The van der Waals surface area contributed by atoms with Gasteiger partial charge in [-0.3, -0.25) is 0 Å². The molecule has 0 radical (unpaired) electrons. The summed E-state index contributed by atoms with van der Waals surface area (Å²) in [4.78, 5) is 7.88. The van der Waals surface area contributed by atoms with Gasteiger partial charge in [-0.1, -0.05) is 5.92 Å². The van der Waals surface area contributed by atoms with Crippen molar-refractivity contribution in [2.45, 2.75) is 30.7 Å². The normalized spacial score (nSPS) is 33.6. The van der Waals surface area contributed by atoms with E-state index in [2.05, 4.69) is 21.8 Å². The number of nitrogens with two attached hydrogens (primary N) is 1. The quantitative estimate of drug-likeness (QED) is 0.539. The van der Waals surface area contributed by atoms with E-state index in [1.165, 1.54) is 24.0 Å². The fourth-order valence-corrected chi connectivity index (χ4v) is 2.71. The monoisotopic (exact) mass is 322 g/mol. The van der Waals surface area contributed by atoms with Crippen LogP contribution in [0.1, 0.15) is 13.2 Å². The summed E-state index contributed by atoms with van der Waals surface area (Å²) in [5.41, 5.74) is 3.73. The summed E-state index contributed by atoms with van der Waals surface area (Å²) in [6.45, 7) is 0.279. The molecule has 0 bridgehead atoms. The van der Waals surface area contributed by atoms with Gasteiger partial charge in [0.05, 0.1) is 5.39 Å². The molecule has 1 fully saturated rings. The summed E-state index contributed by atoms with van der Waals surface area (Å²) >= 11 is 0. The molecule has 1 saturated heterocycles. The maximum atomic E-state index is 14.6. The zero-order valence-corrected chi connectivity index (χ0v) is 12.1. The highest BCUT2D eigenvalue weighted by Gasteiger charge is 2.64. The highest BCUT2D eigenvalue weighted by atomic mass is 19.2. The van der Waals surface area contributed by atoms with Crippen molar-refractivity contribution >= 4 is 16.9 Å². The first-order chi connectivity index (χ1) is 10.9. The highest BCUT2D eigenvalue weighted by Crippen LogP contribution is 2.46. The van der Waals surface area contributed by atoms with Crippen LogP contribution in [-0.4, -0.2) is 54.0 Å². The fraction of sp³-hybridized carbons (Fsp3) is 0.429. The second-order valence-corrected chi connectivity index (χ2v) is 5.24. The summed E-state index contributed by atoms with van der Waals surface area (Å²) in [5.74, 6) is 2.13. The smallest absolute Gasteiger partial charge is 0.264 e. The first-order valence-electron chi connectivity index (χ1n) is 6.76. The van der Waals surface area contributed by atoms with Gasteiger partial charge in [0.1, 0.15) is 24.4 Å². The molecule has 0 unspecified atom stereocenters. The molecule has 2 aromatic rings. The van der Waals surface area contributed by atoms with Gasteiger partial charge in [-0.05, 0) is 13.0 Å². The van der Waals surface area contributed by atoms with Gasteiger partial charge in [0.25, 0.3) is 5.85 Å². The maximum Gasteiger partial charge on any atom is 0.264 e. The molecule has 0 aliphatic carbocycles. The maximum absolute atomic E-state index is 14.6. The van der Waals surface area contributed by atoms with E-state index >= 15 is 0 Å². The molecule has 2 aromatic heterocycles. The number of hydrogen-bond donors (Lipinski definition) is 4. The molecule has 0 amide bonds. The number of halogens is 1. The molecular formula is C14H15FN4O4. The Morgan fingerprint density at radius 3 is 2.91 bits per heavy atom. The van der Waals surface area contributed by atoms with E-state index in [1.807, 2.05) is 0 Å².